The van der Waals surface area contributed by atoms with E-state index in [1.807, 2.05) is 6.92 Å². The fraction of sp³-hybridized carbons (Fsp3) is 0.385. The minimum atomic E-state index is -1.08. The Kier molecular flexibility index (Phi) is 6.44. The average Bonchev–Trinajstić information content (AvgIpc) is 2.37. The van der Waals surface area contributed by atoms with Crippen molar-refractivity contribution in [3.05, 3.63) is 28.5 Å². The molecule has 5 nitrogen and oxygen atoms in total. The Balaban J connectivity index is 2.52. The summed E-state index contributed by atoms with van der Waals surface area (Å²) in [7, 11) is 0. The van der Waals surface area contributed by atoms with Crippen LogP contribution < -0.4 is 10.1 Å². The van der Waals surface area contributed by atoms with Crippen molar-refractivity contribution in [2.75, 3.05) is 6.61 Å². The second-order valence-electron chi connectivity index (χ2n) is 4.11. The van der Waals surface area contributed by atoms with Crippen molar-refractivity contribution in [3.8, 4) is 5.75 Å². The first-order valence-corrected chi connectivity index (χ1v) is 6.83. The number of aliphatic carboxylic acids is 1. The molecule has 0 saturated carbocycles. The van der Waals surface area contributed by atoms with E-state index in [2.05, 4.69) is 21.2 Å². The number of hydrogen-bond acceptors (Lipinski definition) is 3. The van der Waals surface area contributed by atoms with Gasteiger partial charge in [0.1, 0.15) is 17.6 Å². The third kappa shape index (κ3) is 5.16. The number of rotatable bonds is 7. The number of carbonyl (C=O) groups is 2. The van der Waals surface area contributed by atoms with Crippen LogP contribution in [0.1, 0.15) is 19.8 Å². The third-order valence-electron chi connectivity index (χ3n) is 2.46. The molecule has 1 amide bonds. The smallest absolute Gasteiger partial charge is 0.326 e. The molecule has 1 rings (SSSR count). The number of halogens is 2. The second kappa shape index (κ2) is 7.84. The predicted molar refractivity (Wildman–Crippen MR) is 74.1 cm³/mol. The molecule has 2 N–H and O–H groups in total. The zero-order valence-electron chi connectivity index (χ0n) is 10.9. The molecule has 0 aromatic heterocycles. The number of hydrogen-bond donors (Lipinski definition) is 2. The molecule has 1 aromatic carbocycles. The molecule has 1 aromatic rings. The van der Waals surface area contributed by atoms with Gasteiger partial charge < -0.3 is 15.2 Å². The molecule has 7 heteroatoms. The summed E-state index contributed by atoms with van der Waals surface area (Å²) in [6, 6.07) is 2.88. The molecule has 0 aliphatic heterocycles. The Labute approximate surface area is 124 Å². The van der Waals surface area contributed by atoms with E-state index in [1.165, 1.54) is 18.2 Å². The highest BCUT2D eigenvalue weighted by Crippen LogP contribution is 2.25. The summed E-state index contributed by atoms with van der Waals surface area (Å²) in [6.07, 6.45) is 0.989. The Hall–Kier alpha value is -1.63. The lowest BCUT2D eigenvalue weighted by Crippen LogP contribution is -2.42. The lowest BCUT2D eigenvalue weighted by atomic mass is 10.2. The topological polar surface area (TPSA) is 75.6 Å². The summed E-state index contributed by atoms with van der Waals surface area (Å²) in [5.74, 6) is -1.74. The fourth-order valence-corrected chi connectivity index (χ4v) is 1.98. The van der Waals surface area contributed by atoms with Gasteiger partial charge in [-0.1, -0.05) is 13.3 Å². The summed E-state index contributed by atoms with van der Waals surface area (Å²) in [6.45, 7) is 1.49. The molecule has 20 heavy (non-hydrogen) atoms. The summed E-state index contributed by atoms with van der Waals surface area (Å²) in [4.78, 5) is 22.5. The highest BCUT2D eigenvalue weighted by Gasteiger charge is 2.19. The van der Waals surface area contributed by atoms with Gasteiger partial charge in [-0.05, 0) is 40.5 Å². The van der Waals surface area contributed by atoms with Crippen molar-refractivity contribution in [1.29, 1.82) is 0 Å². The molecule has 110 valence electrons. The highest BCUT2D eigenvalue weighted by molar-refractivity contribution is 9.10. The van der Waals surface area contributed by atoms with Gasteiger partial charge in [-0.15, -0.1) is 0 Å². The van der Waals surface area contributed by atoms with E-state index in [-0.39, 0.29) is 6.61 Å². The Morgan fingerprint density at radius 2 is 2.20 bits per heavy atom. The van der Waals surface area contributed by atoms with Gasteiger partial charge in [0.15, 0.2) is 6.61 Å². The molecule has 0 saturated heterocycles. The zero-order chi connectivity index (χ0) is 15.1. The molecule has 0 aliphatic carbocycles. The van der Waals surface area contributed by atoms with Crippen LogP contribution in [-0.4, -0.2) is 29.6 Å². The number of carboxylic acids is 1. The molecule has 0 radical (unpaired) electrons. The summed E-state index contributed by atoms with van der Waals surface area (Å²) in [5, 5.41) is 11.3. The normalized spacial score (nSPS) is 11.8. The van der Waals surface area contributed by atoms with Gasteiger partial charge >= 0.3 is 5.97 Å². The van der Waals surface area contributed by atoms with Gasteiger partial charge in [-0.3, -0.25) is 4.79 Å². The van der Waals surface area contributed by atoms with Crippen LogP contribution in [0.2, 0.25) is 0 Å². The van der Waals surface area contributed by atoms with Crippen LogP contribution in [0.25, 0.3) is 0 Å². The molecular formula is C13H15BrFNO4. The van der Waals surface area contributed by atoms with Crippen molar-refractivity contribution in [3.63, 3.8) is 0 Å². The van der Waals surface area contributed by atoms with Crippen molar-refractivity contribution in [2.24, 2.45) is 0 Å². The van der Waals surface area contributed by atoms with Crippen molar-refractivity contribution in [2.45, 2.75) is 25.8 Å². The molecule has 0 unspecified atom stereocenters. The third-order valence-corrected chi connectivity index (χ3v) is 3.08. The van der Waals surface area contributed by atoms with E-state index in [4.69, 9.17) is 9.84 Å². The van der Waals surface area contributed by atoms with Gasteiger partial charge in [-0.25, -0.2) is 9.18 Å². The largest absolute Gasteiger partial charge is 0.483 e. The average molecular weight is 348 g/mol. The van der Waals surface area contributed by atoms with Crippen LogP contribution in [-0.2, 0) is 9.59 Å². The first kappa shape index (κ1) is 16.4. The number of carboxylic acid groups (broad SMARTS) is 1. The first-order chi connectivity index (χ1) is 9.43. The molecule has 1 atom stereocenters. The minimum Gasteiger partial charge on any atom is -0.483 e. The molecule has 0 fully saturated rings. The molecule has 0 bridgehead atoms. The summed E-state index contributed by atoms with van der Waals surface area (Å²) in [5.41, 5.74) is 0. The number of carbonyl (C=O) groups excluding carboxylic acids is 1. The first-order valence-electron chi connectivity index (χ1n) is 6.04. The maximum Gasteiger partial charge on any atom is 0.326 e. The summed E-state index contributed by atoms with van der Waals surface area (Å²) >= 11 is 3.11. The monoisotopic (exact) mass is 347 g/mol. The van der Waals surface area contributed by atoms with Crippen molar-refractivity contribution >= 4 is 27.8 Å². The maximum atomic E-state index is 12.9. The van der Waals surface area contributed by atoms with Crippen molar-refractivity contribution in [1.82, 2.24) is 5.32 Å². The van der Waals surface area contributed by atoms with Crippen LogP contribution in [0.4, 0.5) is 4.39 Å². The van der Waals surface area contributed by atoms with Crippen LogP contribution in [0.3, 0.4) is 0 Å². The van der Waals surface area contributed by atoms with Crippen LogP contribution >= 0.6 is 15.9 Å². The van der Waals surface area contributed by atoms with E-state index >= 15 is 0 Å². The van der Waals surface area contributed by atoms with Crippen LogP contribution in [0.5, 0.6) is 5.75 Å². The SMILES string of the molecule is CCC[C@@H](NC(=O)COc1ccc(F)cc1Br)C(=O)O. The van der Waals surface area contributed by atoms with Gasteiger partial charge in [0.25, 0.3) is 5.91 Å². The molecule has 0 spiro atoms. The Bertz CT molecular complexity index is 495. The fourth-order valence-electron chi connectivity index (χ4n) is 1.52. The van der Waals surface area contributed by atoms with E-state index < -0.39 is 23.7 Å². The minimum absolute atomic E-state index is 0.309. The zero-order valence-corrected chi connectivity index (χ0v) is 12.4. The summed E-state index contributed by atoms with van der Waals surface area (Å²) < 4.78 is 18.4. The number of nitrogens with one attached hydrogen (secondary N) is 1. The molecule has 0 aliphatic rings. The highest BCUT2D eigenvalue weighted by atomic mass is 79.9. The van der Waals surface area contributed by atoms with E-state index in [0.717, 1.165) is 0 Å². The number of amides is 1. The standard InChI is InChI=1S/C13H15BrFNO4/c1-2-3-10(13(18)19)16-12(17)7-20-11-5-4-8(15)6-9(11)14/h4-6,10H,2-3,7H2,1H3,(H,16,17)(H,18,19)/t10-/m1/s1. The molecular weight excluding hydrogens is 333 g/mol. The van der Waals surface area contributed by atoms with Gasteiger partial charge in [0, 0.05) is 0 Å². The Morgan fingerprint density at radius 3 is 2.75 bits per heavy atom. The lowest BCUT2D eigenvalue weighted by Gasteiger charge is -2.14. The van der Waals surface area contributed by atoms with E-state index in [1.54, 1.807) is 0 Å². The second-order valence-corrected chi connectivity index (χ2v) is 4.96. The lowest BCUT2D eigenvalue weighted by molar-refractivity contribution is -0.142. The van der Waals surface area contributed by atoms with Gasteiger partial charge in [0.05, 0.1) is 4.47 Å². The van der Waals surface area contributed by atoms with Crippen LogP contribution in [0.15, 0.2) is 22.7 Å². The molecule has 0 heterocycles. The predicted octanol–water partition coefficient (Wildman–Crippen LogP) is 2.34. The van der Waals surface area contributed by atoms with E-state index in [0.29, 0.717) is 23.1 Å². The van der Waals surface area contributed by atoms with Gasteiger partial charge in [-0.2, -0.15) is 0 Å². The van der Waals surface area contributed by atoms with Crippen LogP contribution in [0, 0.1) is 5.82 Å². The maximum absolute atomic E-state index is 12.9. The van der Waals surface area contributed by atoms with E-state index in [9.17, 15) is 14.0 Å². The van der Waals surface area contributed by atoms with Crippen molar-refractivity contribution < 1.29 is 23.8 Å². The number of ether oxygens (including phenoxy) is 1. The quantitative estimate of drug-likeness (QED) is 0.793. The number of benzene rings is 1. The Morgan fingerprint density at radius 1 is 1.50 bits per heavy atom. The van der Waals surface area contributed by atoms with Gasteiger partial charge in [0.2, 0.25) is 0 Å².